The third kappa shape index (κ3) is 1.56. The fourth-order valence-electron chi connectivity index (χ4n) is 2.46. The van der Waals surface area contributed by atoms with E-state index in [1.807, 2.05) is 0 Å². The van der Waals surface area contributed by atoms with E-state index in [4.69, 9.17) is 5.73 Å². The van der Waals surface area contributed by atoms with Gasteiger partial charge in [-0.2, -0.15) is 0 Å². The van der Waals surface area contributed by atoms with Crippen molar-refractivity contribution < 1.29 is 0 Å². The zero-order chi connectivity index (χ0) is 11.1. The molecule has 3 nitrogen and oxygen atoms in total. The zero-order valence-corrected chi connectivity index (χ0v) is 9.56. The summed E-state index contributed by atoms with van der Waals surface area (Å²) in [6, 6.07) is 9.00. The first kappa shape index (κ1) is 9.70. The van der Waals surface area contributed by atoms with E-state index in [0.29, 0.717) is 12.0 Å². The molecule has 0 aromatic heterocycles. The summed E-state index contributed by atoms with van der Waals surface area (Å²) in [4.78, 5) is 6.60. The standard InChI is InChI=1S/C13H17N3/c1-9-3-2-4-11(7-9)16-12(10-5-6-10)8-15-13(16)14/h2-4,7,10,12H,5-6,8H2,1H3,(H2,14,15). The second-order valence-corrected chi connectivity index (χ2v) is 4.81. The van der Waals surface area contributed by atoms with Crippen LogP contribution in [-0.2, 0) is 0 Å². The van der Waals surface area contributed by atoms with Crippen LogP contribution < -0.4 is 10.6 Å². The number of benzene rings is 1. The smallest absolute Gasteiger partial charge is 0.196 e. The monoisotopic (exact) mass is 215 g/mol. The minimum atomic E-state index is 0.502. The minimum absolute atomic E-state index is 0.502. The molecule has 3 rings (SSSR count). The molecule has 0 spiro atoms. The van der Waals surface area contributed by atoms with Gasteiger partial charge < -0.3 is 10.6 Å². The van der Waals surface area contributed by atoms with E-state index in [-0.39, 0.29) is 0 Å². The number of hydrogen-bond donors (Lipinski definition) is 1. The van der Waals surface area contributed by atoms with Gasteiger partial charge in [0.05, 0.1) is 12.6 Å². The number of nitrogens with two attached hydrogens (primary N) is 1. The van der Waals surface area contributed by atoms with Crippen LogP contribution in [0, 0.1) is 12.8 Å². The molecule has 0 radical (unpaired) electrons. The van der Waals surface area contributed by atoms with E-state index < -0.39 is 0 Å². The first-order valence-electron chi connectivity index (χ1n) is 5.91. The fourth-order valence-corrected chi connectivity index (χ4v) is 2.46. The summed E-state index contributed by atoms with van der Waals surface area (Å²) < 4.78 is 0. The SMILES string of the molecule is Cc1cccc(N2C(N)=NCC2C2CC2)c1. The predicted molar refractivity (Wildman–Crippen MR) is 66.7 cm³/mol. The van der Waals surface area contributed by atoms with Gasteiger partial charge in [-0.1, -0.05) is 12.1 Å². The van der Waals surface area contributed by atoms with Crippen molar-refractivity contribution >= 4 is 11.6 Å². The largest absolute Gasteiger partial charge is 0.370 e. The number of aliphatic imine (C=N–C) groups is 1. The number of guanidine groups is 1. The van der Waals surface area contributed by atoms with Crippen molar-refractivity contribution in [1.82, 2.24) is 0 Å². The Labute approximate surface area is 96.0 Å². The lowest BCUT2D eigenvalue weighted by molar-refractivity contribution is 0.626. The lowest BCUT2D eigenvalue weighted by atomic mass is 10.1. The highest BCUT2D eigenvalue weighted by Gasteiger charge is 2.39. The number of nitrogens with zero attached hydrogens (tertiary/aromatic N) is 2. The molecular formula is C13H17N3. The normalized spacial score (nSPS) is 24.7. The summed E-state index contributed by atoms with van der Waals surface area (Å²) in [5, 5.41) is 0. The third-order valence-electron chi connectivity index (χ3n) is 3.46. The van der Waals surface area contributed by atoms with Gasteiger partial charge in [0.15, 0.2) is 5.96 Å². The molecule has 1 heterocycles. The van der Waals surface area contributed by atoms with Gasteiger partial charge >= 0.3 is 0 Å². The maximum Gasteiger partial charge on any atom is 0.196 e. The molecule has 2 aliphatic rings. The van der Waals surface area contributed by atoms with Gasteiger partial charge in [-0.3, -0.25) is 4.99 Å². The van der Waals surface area contributed by atoms with E-state index in [2.05, 4.69) is 41.1 Å². The van der Waals surface area contributed by atoms with Crippen LogP contribution in [0.15, 0.2) is 29.3 Å². The van der Waals surface area contributed by atoms with E-state index in [1.54, 1.807) is 0 Å². The van der Waals surface area contributed by atoms with Crippen LogP contribution in [0.4, 0.5) is 5.69 Å². The Morgan fingerprint density at radius 2 is 2.19 bits per heavy atom. The lowest BCUT2D eigenvalue weighted by Crippen LogP contribution is -2.42. The Morgan fingerprint density at radius 3 is 2.88 bits per heavy atom. The summed E-state index contributed by atoms with van der Waals surface area (Å²) in [5.41, 5.74) is 8.45. The van der Waals surface area contributed by atoms with E-state index >= 15 is 0 Å². The molecule has 0 amide bonds. The number of anilines is 1. The molecule has 2 N–H and O–H groups in total. The fraction of sp³-hybridized carbons (Fsp3) is 0.462. The molecule has 1 fully saturated rings. The molecule has 1 aliphatic heterocycles. The Kier molecular flexibility index (Phi) is 2.13. The topological polar surface area (TPSA) is 41.6 Å². The van der Waals surface area contributed by atoms with Crippen LogP contribution in [0.2, 0.25) is 0 Å². The second-order valence-electron chi connectivity index (χ2n) is 4.81. The van der Waals surface area contributed by atoms with Gasteiger partial charge in [0, 0.05) is 5.69 Å². The van der Waals surface area contributed by atoms with E-state index in [1.165, 1.54) is 24.1 Å². The van der Waals surface area contributed by atoms with Crippen molar-refractivity contribution in [2.75, 3.05) is 11.4 Å². The molecule has 1 atom stereocenters. The van der Waals surface area contributed by atoms with Gasteiger partial charge in [-0.05, 0) is 43.4 Å². The zero-order valence-electron chi connectivity index (χ0n) is 9.56. The van der Waals surface area contributed by atoms with Gasteiger partial charge in [-0.25, -0.2) is 0 Å². The summed E-state index contributed by atoms with van der Waals surface area (Å²) in [6.45, 7) is 2.98. The van der Waals surface area contributed by atoms with Crippen LogP contribution in [0.25, 0.3) is 0 Å². The van der Waals surface area contributed by atoms with Crippen LogP contribution >= 0.6 is 0 Å². The first-order chi connectivity index (χ1) is 7.75. The van der Waals surface area contributed by atoms with Crippen molar-refractivity contribution in [3.63, 3.8) is 0 Å². The molecular weight excluding hydrogens is 198 g/mol. The van der Waals surface area contributed by atoms with Crippen LogP contribution in [0.1, 0.15) is 18.4 Å². The molecule has 1 saturated carbocycles. The molecule has 1 aromatic carbocycles. The third-order valence-corrected chi connectivity index (χ3v) is 3.46. The van der Waals surface area contributed by atoms with Crippen molar-refractivity contribution in [2.45, 2.75) is 25.8 Å². The number of aryl methyl sites for hydroxylation is 1. The summed E-state index contributed by atoms with van der Waals surface area (Å²) in [7, 11) is 0. The van der Waals surface area contributed by atoms with Crippen molar-refractivity contribution in [3.8, 4) is 0 Å². The van der Waals surface area contributed by atoms with Crippen LogP contribution in [-0.4, -0.2) is 18.5 Å². The Morgan fingerprint density at radius 1 is 1.38 bits per heavy atom. The molecule has 0 bridgehead atoms. The highest BCUT2D eigenvalue weighted by Crippen LogP contribution is 2.39. The van der Waals surface area contributed by atoms with Gasteiger partial charge in [0.1, 0.15) is 0 Å². The number of hydrogen-bond acceptors (Lipinski definition) is 3. The number of rotatable bonds is 2. The average Bonchev–Trinajstić information content (AvgIpc) is 3.02. The maximum absolute atomic E-state index is 5.99. The summed E-state index contributed by atoms with van der Waals surface area (Å²) in [5.74, 6) is 1.48. The Balaban J connectivity index is 1.93. The van der Waals surface area contributed by atoms with Gasteiger partial charge in [-0.15, -0.1) is 0 Å². The van der Waals surface area contributed by atoms with E-state index in [9.17, 15) is 0 Å². The predicted octanol–water partition coefficient (Wildman–Crippen LogP) is 1.91. The quantitative estimate of drug-likeness (QED) is 0.818. The molecule has 0 saturated heterocycles. The van der Waals surface area contributed by atoms with Crippen LogP contribution in [0.5, 0.6) is 0 Å². The molecule has 1 aromatic rings. The maximum atomic E-state index is 5.99. The molecule has 16 heavy (non-hydrogen) atoms. The Hall–Kier alpha value is -1.51. The van der Waals surface area contributed by atoms with Gasteiger partial charge in [0.25, 0.3) is 0 Å². The summed E-state index contributed by atoms with van der Waals surface area (Å²) in [6.07, 6.45) is 2.66. The van der Waals surface area contributed by atoms with Crippen molar-refractivity contribution in [3.05, 3.63) is 29.8 Å². The Bertz CT molecular complexity index is 435. The average molecular weight is 215 g/mol. The lowest BCUT2D eigenvalue weighted by Gasteiger charge is -2.26. The highest BCUT2D eigenvalue weighted by atomic mass is 15.3. The molecule has 1 aliphatic carbocycles. The molecule has 1 unspecified atom stereocenters. The second kappa shape index (κ2) is 3.51. The van der Waals surface area contributed by atoms with Crippen LogP contribution in [0.3, 0.4) is 0 Å². The van der Waals surface area contributed by atoms with Gasteiger partial charge in [0.2, 0.25) is 0 Å². The van der Waals surface area contributed by atoms with Crippen molar-refractivity contribution in [2.24, 2.45) is 16.6 Å². The summed E-state index contributed by atoms with van der Waals surface area (Å²) >= 11 is 0. The molecule has 3 heteroatoms. The molecule has 84 valence electrons. The van der Waals surface area contributed by atoms with Crippen molar-refractivity contribution in [1.29, 1.82) is 0 Å². The first-order valence-corrected chi connectivity index (χ1v) is 5.91. The van der Waals surface area contributed by atoms with E-state index in [0.717, 1.165) is 12.5 Å². The highest BCUT2D eigenvalue weighted by molar-refractivity contribution is 5.97. The minimum Gasteiger partial charge on any atom is -0.370 e.